The van der Waals surface area contributed by atoms with Crippen LogP contribution in [0.1, 0.15) is 46.5 Å². The number of carbonyl (C=O) groups excluding carboxylic acids is 1. The maximum Gasteiger partial charge on any atom is 0.314 e. The summed E-state index contributed by atoms with van der Waals surface area (Å²) in [6.07, 6.45) is 5.35. The summed E-state index contributed by atoms with van der Waals surface area (Å²) in [5, 5.41) is 14.4. The first-order valence-corrected chi connectivity index (χ1v) is 8.43. The third-order valence-corrected chi connectivity index (χ3v) is 5.40. The molecule has 0 bridgehead atoms. The normalized spacial score (nSPS) is 12.8. The van der Waals surface area contributed by atoms with E-state index in [9.17, 15) is 9.59 Å². The van der Waals surface area contributed by atoms with Gasteiger partial charge in [0.15, 0.2) is 0 Å². The second kappa shape index (κ2) is 9.91. The molecule has 0 aliphatic rings. The molecule has 0 aromatic carbocycles. The number of amides is 2. The van der Waals surface area contributed by atoms with Gasteiger partial charge in [0, 0.05) is 17.8 Å². The van der Waals surface area contributed by atoms with Crippen LogP contribution in [0.25, 0.3) is 0 Å². The Balaban J connectivity index is 3.87. The lowest BCUT2D eigenvalue weighted by molar-refractivity contribution is -0.141. The van der Waals surface area contributed by atoms with Crippen LogP contribution in [0.3, 0.4) is 0 Å². The highest BCUT2D eigenvalue weighted by Crippen LogP contribution is 2.29. The molecule has 0 aliphatic heterocycles. The monoisotopic (exact) mass is 304 g/mol. The summed E-state index contributed by atoms with van der Waals surface area (Å²) >= 11 is 1.79. The fourth-order valence-electron chi connectivity index (χ4n) is 1.90. The molecule has 0 aliphatic carbocycles. The summed E-state index contributed by atoms with van der Waals surface area (Å²) < 4.78 is 0.106. The fourth-order valence-corrected chi connectivity index (χ4v) is 2.69. The highest BCUT2D eigenvalue weighted by Gasteiger charge is 2.25. The molecular weight excluding hydrogens is 276 g/mol. The Morgan fingerprint density at radius 3 is 2.30 bits per heavy atom. The van der Waals surface area contributed by atoms with E-state index in [0.717, 1.165) is 12.8 Å². The average Bonchev–Trinajstić information content (AvgIpc) is 2.45. The highest BCUT2D eigenvalue weighted by molar-refractivity contribution is 8.00. The molecule has 0 heterocycles. The molecule has 0 rings (SSSR count). The molecule has 0 fully saturated rings. The molecule has 0 spiro atoms. The minimum Gasteiger partial charge on any atom is -0.481 e. The Bertz CT molecular complexity index is 299. The Labute approximate surface area is 126 Å². The number of carbonyl (C=O) groups is 2. The molecule has 1 atom stereocenters. The molecule has 118 valence electrons. The molecular formula is C14H28N2O3S. The standard InChI is InChI=1S/C14H28N2O3S/c1-5-14(6-2,20-4)10-16-13(19)15-9-7-8-11(3)12(17)18/h11H,5-10H2,1-4H3,(H,17,18)(H2,15,16,19). The van der Waals surface area contributed by atoms with Crippen molar-refractivity contribution in [2.45, 2.75) is 51.2 Å². The molecule has 0 saturated carbocycles. The van der Waals surface area contributed by atoms with Crippen LogP contribution in [0, 0.1) is 5.92 Å². The van der Waals surface area contributed by atoms with Gasteiger partial charge in [0.2, 0.25) is 0 Å². The predicted molar refractivity (Wildman–Crippen MR) is 84.3 cm³/mol. The number of carboxylic acids is 1. The Kier molecular flexibility index (Phi) is 9.46. The Hall–Kier alpha value is -0.910. The van der Waals surface area contributed by atoms with Crippen LogP contribution in [0.4, 0.5) is 4.79 Å². The van der Waals surface area contributed by atoms with Gasteiger partial charge in [-0.1, -0.05) is 20.8 Å². The molecule has 1 unspecified atom stereocenters. The van der Waals surface area contributed by atoms with Crippen molar-refractivity contribution in [3.05, 3.63) is 0 Å². The molecule has 5 nitrogen and oxygen atoms in total. The molecule has 3 N–H and O–H groups in total. The summed E-state index contributed by atoms with van der Waals surface area (Å²) in [4.78, 5) is 22.3. The predicted octanol–water partition coefficient (Wildman–Crippen LogP) is 2.71. The molecule has 0 saturated heterocycles. The van der Waals surface area contributed by atoms with Crippen molar-refractivity contribution in [3.63, 3.8) is 0 Å². The number of hydrogen-bond donors (Lipinski definition) is 3. The van der Waals surface area contributed by atoms with Gasteiger partial charge < -0.3 is 15.7 Å². The van der Waals surface area contributed by atoms with Gasteiger partial charge >= 0.3 is 12.0 Å². The van der Waals surface area contributed by atoms with Crippen LogP contribution in [0.2, 0.25) is 0 Å². The molecule has 20 heavy (non-hydrogen) atoms. The Morgan fingerprint density at radius 1 is 1.25 bits per heavy atom. The van der Waals surface area contributed by atoms with Crippen LogP contribution < -0.4 is 10.6 Å². The van der Waals surface area contributed by atoms with Gasteiger partial charge in [-0.2, -0.15) is 11.8 Å². The van der Waals surface area contributed by atoms with Crippen LogP contribution in [0.5, 0.6) is 0 Å². The second-order valence-electron chi connectivity index (χ2n) is 5.09. The van der Waals surface area contributed by atoms with E-state index in [1.165, 1.54) is 0 Å². The third kappa shape index (κ3) is 7.03. The van der Waals surface area contributed by atoms with Crippen molar-refractivity contribution in [2.75, 3.05) is 19.3 Å². The van der Waals surface area contributed by atoms with E-state index in [1.54, 1.807) is 18.7 Å². The summed E-state index contributed by atoms with van der Waals surface area (Å²) in [6, 6.07) is -0.173. The van der Waals surface area contributed by atoms with E-state index in [0.29, 0.717) is 25.9 Å². The molecule has 0 radical (unpaired) electrons. The zero-order valence-electron chi connectivity index (χ0n) is 13.0. The van der Waals surface area contributed by atoms with Gasteiger partial charge in [0.1, 0.15) is 0 Å². The van der Waals surface area contributed by atoms with E-state index < -0.39 is 5.97 Å². The number of nitrogens with one attached hydrogen (secondary N) is 2. The number of aliphatic carboxylic acids is 1. The lowest BCUT2D eigenvalue weighted by atomic mass is 10.0. The van der Waals surface area contributed by atoms with Crippen molar-refractivity contribution in [1.29, 1.82) is 0 Å². The van der Waals surface area contributed by atoms with Crippen molar-refractivity contribution < 1.29 is 14.7 Å². The van der Waals surface area contributed by atoms with E-state index in [2.05, 4.69) is 30.7 Å². The van der Waals surface area contributed by atoms with Crippen molar-refractivity contribution >= 4 is 23.8 Å². The number of rotatable bonds is 10. The minimum atomic E-state index is -0.787. The van der Waals surface area contributed by atoms with Crippen LogP contribution in [-0.2, 0) is 4.79 Å². The quantitative estimate of drug-likeness (QED) is 0.542. The van der Waals surface area contributed by atoms with Gasteiger partial charge in [0.25, 0.3) is 0 Å². The number of hydrogen-bond acceptors (Lipinski definition) is 3. The topological polar surface area (TPSA) is 78.4 Å². The largest absolute Gasteiger partial charge is 0.481 e. The highest BCUT2D eigenvalue weighted by atomic mass is 32.2. The Morgan fingerprint density at radius 2 is 1.85 bits per heavy atom. The first kappa shape index (κ1) is 19.1. The van der Waals surface area contributed by atoms with Gasteiger partial charge in [-0.15, -0.1) is 0 Å². The first-order chi connectivity index (χ1) is 9.40. The van der Waals surface area contributed by atoms with E-state index in [4.69, 9.17) is 5.11 Å². The summed E-state index contributed by atoms with van der Waals surface area (Å²) in [6.45, 7) is 7.10. The van der Waals surface area contributed by atoms with Gasteiger partial charge in [-0.05, 0) is 31.9 Å². The zero-order valence-corrected chi connectivity index (χ0v) is 13.8. The summed E-state index contributed by atoms with van der Waals surface area (Å²) in [5.41, 5.74) is 0. The summed E-state index contributed by atoms with van der Waals surface area (Å²) in [5.74, 6) is -1.14. The number of urea groups is 1. The smallest absolute Gasteiger partial charge is 0.314 e. The van der Waals surface area contributed by atoms with Gasteiger partial charge in [-0.3, -0.25) is 4.79 Å². The maximum atomic E-state index is 11.7. The van der Waals surface area contributed by atoms with Gasteiger partial charge in [0.05, 0.1) is 5.92 Å². The van der Waals surface area contributed by atoms with E-state index in [-0.39, 0.29) is 16.7 Å². The minimum absolute atomic E-state index is 0.106. The lowest BCUT2D eigenvalue weighted by Crippen LogP contribution is -2.44. The van der Waals surface area contributed by atoms with Crippen molar-refractivity contribution in [1.82, 2.24) is 10.6 Å². The summed E-state index contributed by atoms with van der Waals surface area (Å²) in [7, 11) is 0. The van der Waals surface area contributed by atoms with Crippen LogP contribution >= 0.6 is 11.8 Å². The fraction of sp³-hybridized carbons (Fsp3) is 0.857. The lowest BCUT2D eigenvalue weighted by Gasteiger charge is -2.29. The van der Waals surface area contributed by atoms with E-state index >= 15 is 0 Å². The number of carboxylic acid groups (broad SMARTS) is 1. The van der Waals surface area contributed by atoms with Crippen molar-refractivity contribution in [3.8, 4) is 0 Å². The first-order valence-electron chi connectivity index (χ1n) is 7.20. The SMILES string of the molecule is CCC(CC)(CNC(=O)NCCCC(C)C(=O)O)SC. The van der Waals surface area contributed by atoms with Crippen molar-refractivity contribution in [2.24, 2.45) is 5.92 Å². The molecule has 2 amide bonds. The maximum absolute atomic E-state index is 11.7. The van der Waals surface area contributed by atoms with Crippen LogP contribution in [0.15, 0.2) is 0 Å². The molecule has 6 heteroatoms. The molecule has 0 aromatic heterocycles. The van der Waals surface area contributed by atoms with Gasteiger partial charge in [-0.25, -0.2) is 4.79 Å². The zero-order chi connectivity index (χ0) is 15.6. The molecule has 0 aromatic rings. The van der Waals surface area contributed by atoms with E-state index in [1.807, 2.05) is 0 Å². The average molecular weight is 304 g/mol. The van der Waals surface area contributed by atoms with Crippen LogP contribution in [-0.4, -0.2) is 41.2 Å². The number of thioether (sulfide) groups is 1. The third-order valence-electron chi connectivity index (χ3n) is 3.81. The second-order valence-corrected chi connectivity index (χ2v) is 6.36.